The van der Waals surface area contributed by atoms with E-state index in [4.69, 9.17) is 14.5 Å². The van der Waals surface area contributed by atoms with Crippen LogP contribution in [0.15, 0.2) is 42.5 Å². The van der Waals surface area contributed by atoms with Crippen LogP contribution in [0.1, 0.15) is 11.1 Å². The first kappa shape index (κ1) is 15.3. The average Bonchev–Trinajstić information content (AvgIpc) is 2.60. The molecule has 118 valence electrons. The molecule has 1 N–H and O–H groups in total. The van der Waals surface area contributed by atoms with Crippen LogP contribution in [0.2, 0.25) is 0 Å². The third kappa shape index (κ3) is 2.85. The SMILES string of the molecule is COc1ccc(-c2cc(C)c3ccc(CO)cc3n2)c(OC)c1. The van der Waals surface area contributed by atoms with Crippen molar-refractivity contribution in [2.45, 2.75) is 13.5 Å². The number of aliphatic hydroxyl groups is 1. The minimum absolute atomic E-state index is 0.00670. The highest BCUT2D eigenvalue weighted by Gasteiger charge is 2.11. The Bertz CT molecular complexity index is 859. The van der Waals surface area contributed by atoms with Crippen LogP contribution in [-0.4, -0.2) is 24.3 Å². The Labute approximate surface area is 135 Å². The molecule has 3 aromatic rings. The number of fused-ring (bicyclic) bond motifs is 1. The van der Waals surface area contributed by atoms with E-state index in [-0.39, 0.29) is 6.61 Å². The van der Waals surface area contributed by atoms with E-state index in [9.17, 15) is 5.11 Å². The molecule has 23 heavy (non-hydrogen) atoms. The van der Waals surface area contributed by atoms with Crippen LogP contribution in [0.25, 0.3) is 22.2 Å². The summed E-state index contributed by atoms with van der Waals surface area (Å²) in [6.07, 6.45) is 0. The molecule has 0 unspecified atom stereocenters. The topological polar surface area (TPSA) is 51.6 Å². The summed E-state index contributed by atoms with van der Waals surface area (Å²) in [4.78, 5) is 4.75. The summed E-state index contributed by atoms with van der Waals surface area (Å²) in [7, 11) is 3.26. The predicted octanol–water partition coefficient (Wildman–Crippen LogP) is 3.72. The quantitative estimate of drug-likeness (QED) is 0.798. The molecule has 0 aliphatic carbocycles. The lowest BCUT2D eigenvalue weighted by atomic mass is 10.0. The van der Waals surface area contributed by atoms with Crippen LogP contribution < -0.4 is 9.47 Å². The Balaban J connectivity index is 2.20. The first-order valence-electron chi connectivity index (χ1n) is 7.40. The normalized spacial score (nSPS) is 10.8. The van der Waals surface area contributed by atoms with Crippen LogP contribution in [0, 0.1) is 6.92 Å². The number of aliphatic hydroxyl groups excluding tert-OH is 1. The second-order valence-electron chi connectivity index (χ2n) is 5.40. The molecule has 0 saturated carbocycles. The zero-order valence-electron chi connectivity index (χ0n) is 13.5. The zero-order valence-corrected chi connectivity index (χ0v) is 13.5. The van der Waals surface area contributed by atoms with Crippen molar-refractivity contribution in [2.75, 3.05) is 14.2 Å². The number of hydrogen-bond acceptors (Lipinski definition) is 4. The Kier molecular flexibility index (Phi) is 4.17. The maximum Gasteiger partial charge on any atom is 0.131 e. The van der Waals surface area contributed by atoms with Crippen LogP contribution in [-0.2, 0) is 6.61 Å². The molecule has 0 atom stereocenters. The van der Waals surface area contributed by atoms with Gasteiger partial charge in [0.05, 0.1) is 32.0 Å². The standard InChI is InChI=1S/C19H19NO3/c1-12-8-17(16-7-5-14(22-2)10-19(16)23-3)20-18-9-13(11-21)4-6-15(12)18/h4-10,21H,11H2,1-3H3. The fourth-order valence-corrected chi connectivity index (χ4v) is 2.69. The summed E-state index contributed by atoms with van der Waals surface area (Å²) in [5, 5.41) is 10.4. The highest BCUT2D eigenvalue weighted by atomic mass is 16.5. The molecule has 2 aromatic carbocycles. The average molecular weight is 309 g/mol. The summed E-state index contributed by atoms with van der Waals surface area (Å²) in [5.41, 5.74) is 4.59. The molecule has 0 radical (unpaired) electrons. The molecule has 4 heteroatoms. The Morgan fingerprint density at radius 1 is 1.00 bits per heavy atom. The molecule has 0 bridgehead atoms. The van der Waals surface area contributed by atoms with Crippen molar-refractivity contribution in [1.29, 1.82) is 0 Å². The van der Waals surface area contributed by atoms with Gasteiger partial charge in [-0.2, -0.15) is 0 Å². The van der Waals surface area contributed by atoms with Gasteiger partial charge >= 0.3 is 0 Å². The summed E-state index contributed by atoms with van der Waals surface area (Å²) in [6.45, 7) is 2.06. The fraction of sp³-hybridized carbons (Fsp3) is 0.211. The number of pyridine rings is 1. The number of aromatic nitrogens is 1. The van der Waals surface area contributed by atoms with E-state index < -0.39 is 0 Å². The number of methoxy groups -OCH3 is 2. The van der Waals surface area contributed by atoms with Crippen LogP contribution in [0.5, 0.6) is 11.5 Å². The lowest BCUT2D eigenvalue weighted by Gasteiger charge is -2.12. The molecular formula is C19H19NO3. The first-order chi connectivity index (χ1) is 11.2. The highest BCUT2D eigenvalue weighted by Crippen LogP contribution is 2.34. The zero-order chi connectivity index (χ0) is 16.4. The number of aryl methyl sites for hydroxylation is 1. The first-order valence-corrected chi connectivity index (χ1v) is 7.40. The number of benzene rings is 2. The molecule has 4 nitrogen and oxygen atoms in total. The molecule has 3 rings (SSSR count). The lowest BCUT2D eigenvalue weighted by molar-refractivity contribution is 0.282. The van der Waals surface area contributed by atoms with E-state index in [1.807, 2.05) is 42.5 Å². The molecule has 1 aromatic heterocycles. The van der Waals surface area contributed by atoms with E-state index in [0.29, 0.717) is 5.75 Å². The van der Waals surface area contributed by atoms with Gasteiger partial charge < -0.3 is 14.6 Å². The number of rotatable bonds is 4. The molecule has 0 amide bonds. The number of nitrogens with zero attached hydrogens (tertiary/aromatic N) is 1. The second-order valence-corrected chi connectivity index (χ2v) is 5.40. The highest BCUT2D eigenvalue weighted by molar-refractivity contribution is 5.86. The second kappa shape index (κ2) is 6.26. The monoisotopic (exact) mass is 309 g/mol. The predicted molar refractivity (Wildman–Crippen MR) is 90.9 cm³/mol. The van der Waals surface area contributed by atoms with Crippen LogP contribution in [0.3, 0.4) is 0 Å². The molecule has 0 fully saturated rings. The van der Waals surface area contributed by atoms with E-state index >= 15 is 0 Å². The summed E-state index contributed by atoms with van der Waals surface area (Å²) >= 11 is 0. The smallest absolute Gasteiger partial charge is 0.131 e. The van der Waals surface area contributed by atoms with E-state index in [1.54, 1.807) is 14.2 Å². The van der Waals surface area contributed by atoms with Crippen molar-refractivity contribution in [3.63, 3.8) is 0 Å². The minimum atomic E-state index is 0.00670. The molecule has 1 heterocycles. The summed E-state index contributed by atoms with van der Waals surface area (Å²) in [5.74, 6) is 1.46. The van der Waals surface area contributed by atoms with Crippen molar-refractivity contribution in [1.82, 2.24) is 4.98 Å². The van der Waals surface area contributed by atoms with Crippen molar-refractivity contribution >= 4 is 10.9 Å². The largest absolute Gasteiger partial charge is 0.497 e. The molecule has 0 aliphatic rings. The van der Waals surface area contributed by atoms with Gasteiger partial charge in [0.25, 0.3) is 0 Å². The molecule has 0 spiro atoms. The number of ether oxygens (including phenoxy) is 2. The van der Waals surface area contributed by atoms with Crippen LogP contribution >= 0.6 is 0 Å². The van der Waals surface area contributed by atoms with Gasteiger partial charge in [-0.15, -0.1) is 0 Å². The molecule has 0 saturated heterocycles. The third-order valence-electron chi connectivity index (χ3n) is 3.95. The Morgan fingerprint density at radius 2 is 1.83 bits per heavy atom. The lowest BCUT2D eigenvalue weighted by Crippen LogP contribution is -1.94. The number of hydrogen-bond donors (Lipinski definition) is 1. The van der Waals surface area contributed by atoms with Gasteiger partial charge in [0.15, 0.2) is 0 Å². The van der Waals surface area contributed by atoms with E-state index in [1.165, 1.54) is 0 Å². The van der Waals surface area contributed by atoms with Gasteiger partial charge in [0, 0.05) is 17.0 Å². The van der Waals surface area contributed by atoms with Gasteiger partial charge in [-0.1, -0.05) is 12.1 Å². The minimum Gasteiger partial charge on any atom is -0.497 e. The summed E-state index contributed by atoms with van der Waals surface area (Å²) in [6, 6.07) is 13.6. The van der Waals surface area contributed by atoms with Gasteiger partial charge in [-0.05, 0) is 42.3 Å². The van der Waals surface area contributed by atoms with Gasteiger partial charge in [-0.3, -0.25) is 0 Å². The Morgan fingerprint density at radius 3 is 2.52 bits per heavy atom. The third-order valence-corrected chi connectivity index (χ3v) is 3.95. The van der Waals surface area contributed by atoms with Gasteiger partial charge in [0.2, 0.25) is 0 Å². The fourth-order valence-electron chi connectivity index (χ4n) is 2.69. The maximum absolute atomic E-state index is 9.33. The van der Waals surface area contributed by atoms with E-state index in [0.717, 1.165) is 39.0 Å². The van der Waals surface area contributed by atoms with Crippen molar-refractivity contribution in [2.24, 2.45) is 0 Å². The van der Waals surface area contributed by atoms with Crippen molar-refractivity contribution in [3.05, 3.63) is 53.6 Å². The van der Waals surface area contributed by atoms with Gasteiger partial charge in [-0.25, -0.2) is 4.98 Å². The van der Waals surface area contributed by atoms with E-state index in [2.05, 4.69) is 6.92 Å². The summed E-state index contributed by atoms with van der Waals surface area (Å²) < 4.78 is 10.7. The van der Waals surface area contributed by atoms with Gasteiger partial charge in [0.1, 0.15) is 11.5 Å². The molecule has 0 aliphatic heterocycles. The van der Waals surface area contributed by atoms with Crippen molar-refractivity contribution in [3.8, 4) is 22.8 Å². The molecular weight excluding hydrogens is 290 g/mol. The Hall–Kier alpha value is -2.59. The van der Waals surface area contributed by atoms with Crippen molar-refractivity contribution < 1.29 is 14.6 Å². The maximum atomic E-state index is 9.33. The van der Waals surface area contributed by atoms with Crippen LogP contribution in [0.4, 0.5) is 0 Å².